The van der Waals surface area contributed by atoms with E-state index in [1.807, 2.05) is 6.07 Å². The van der Waals surface area contributed by atoms with Crippen LogP contribution in [0.25, 0.3) is 0 Å². The minimum atomic E-state index is -4.36. The highest BCUT2D eigenvalue weighted by Gasteiger charge is 2.29. The van der Waals surface area contributed by atoms with E-state index in [-0.39, 0.29) is 0 Å². The van der Waals surface area contributed by atoms with Crippen molar-refractivity contribution in [3.05, 3.63) is 71.4 Å². The van der Waals surface area contributed by atoms with Crippen LogP contribution >= 0.6 is 11.6 Å². The first-order chi connectivity index (χ1) is 11.9. The number of alkyl halides is 3. The first kappa shape index (κ1) is 17.0. The second kappa shape index (κ2) is 6.98. The molecule has 0 spiro atoms. The first-order valence-electron chi connectivity index (χ1n) is 7.20. The summed E-state index contributed by atoms with van der Waals surface area (Å²) >= 11 is 5.92. The molecule has 0 aliphatic rings. The fraction of sp³-hybridized carbons (Fsp3) is 0.0588. The standard InChI is InChI=1S/C17H12ClF3N4/c18-12-2-1-3-14(10-12)24-16-22-9-8-15(25-16)23-13-6-4-11(5-7-13)17(19,20)21/h1-10H,(H2,22,23,24,25). The molecule has 1 heterocycles. The summed E-state index contributed by atoms with van der Waals surface area (Å²) in [5.74, 6) is 0.776. The molecule has 0 atom stereocenters. The quantitative estimate of drug-likeness (QED) is 0.629. The first-order valence-corrected chi connectivity index (χ1v) is 7.58. The van der Waals surface area contributed by atoms with Crippen LogP contribution in [-0.2, 0) is 6.18 Å². The van der Waals surface area contributed by atoms with Crippen LogP contribution in [0.1, 0.15) is 5.56 Å². The minimum Gasteiger partial charge on any atom is -0.340 e. The molecule has 0 saturated carbocycles. The molecule has 0 bridgehead atoms. The molecule has 25 heavy (non-hydrogen) atoms. The number of anilines is 4. The molecule has 0 saturated heterocycles. The lowest BCUT2D eigenvalue weighted by atomic mass is 10.2. The normalized spacial score (nSPS) is 11.2. The maximum absolute atomic E-state index is 12.6. The Hall–Kier alpha value is -2.80. The van der Waals surface area contributed by atoms with Crippen LogP contribution in [0.15, 0.2) is 60.8 Å². The van der Waals surface area contributed by atoms with Crippen molar-refractivity contribution in [2.24, 2.45) is 0 Å². The fourth-order valence-electron chi connectivity index (χ4n) is 2.07. The summed E-state index contributed by atoms with van der Waals surface area (Å²) in [5.41, 5.74) is 0.503. The van der Waals surface area contributed by atoms with Gasteiger partial charge in [0, 0.05) is 22.6 Å². The Bertz CT molecular complexity index is 866. The van der Waals surface area contributed by atoms with Crippen molar-refractivity contribution in [2.75, 3.05) is 10.6 Å². The predicted molar refractivity (Wildman–Crippen MR) is 91.5 cm³/mol. The zero-order chi connectivity index (χ0) is 17.9. The molecule has 2 N–H and O–H groups in total. The molecule has 128 valence electrons. The van der Waals surface area contributed by atoms with Gasteiger partial charge >= 0.3 is 6.18 Å². The van der Waals surface area contributed by atoms with E-state index in [9.17, 15) is 13.2 Å². The summed E-state index contributed by atoms with van der Waals surface area (Å²) < 4.78 is 37.7. The van der Waals surface area contributed by atoms with Crippen molar-refractivity contribution in [3.8, 4) is 0 Å². The molecule has 4 nitrogen and oxygen atoms in total. The third-order valence-electron chi connectivity index (χ3n) is 3.22. The van der Waals surface area contributed by atoms with E-state index >= 15 is 0 Å². The molecule has 1 aromatic heterocycles. The number of hydrogen-bond acceptors (Lipinski definition) is 4. The van der Waals surface area contributed by atoms with Crippen LogP contribution in [0.2, 0.25) is 5.02 Å². The molecule has 0 amide bonds. The van der Waals surface area contributed by atoms with E-state index in [0.29, 0.717) is 22.5 Å². The second-order valence-electron chi connectivity index (χ2n) is 5.10. The van der Waals surface area contributed by atoms with E-state index in [1.54, 1.807) is 24.3 Å². The minimum absolute atomic E-state index is 0.333. The molecular weight excluding hydrogens is 353 g/mol. The summed E-state index contributed by atoms with van der Waals surface area (Å²) in [6.07, 6.45) is -2.83. The van der Waals surface area contributed by atoms with E-state index < -0.39 is 11.7 Å². The van der Waals surface area contributed by atoms with E-state index in [4.69, 9.17) is 11.6 Å². The van der Waals surface area contributed by atoms with Crippen LogP contribution < -0.4 is 10.6 Å². The average Bonchev–Trinajstić information content (AvgIpc) is 2.55. The average molecular weight is 365 g/mol. The Labute approximate surface area is 146 Å². The summed E-state index contributed by atoms with van der Waals surface area (Å²) in [6.45, 7) is 0. The van der Waals surface area contributed by atoms with Crippen LogP contribution in [0, 0.1) is 0 Å². The van der Waals surface area contributed by atoms with Crippen LogP contribution in [0.3, 0.4) is 0 Å². The Balaban J connectivity index is 1.73. The Morgan fingerprint density at radius 2 is 1.64 bits per heavy atom. The lowest BCUT2D eigenvalue weighted by Crippen LogP contribution is -2.04. The van der Waals surface area contributed by atoms with Gasteiger partial charge in [-0.25, -0.2) is 4.98 Å². The van der Waals surface area contributed by atoms with Crippen molar-refractivity contribution in [1.29, 1.82) is 0 Å². The van der Waals surface area contributed by atoms with Crippen LogP contribution in [0.4, 0.5) is 36.3 Å². The maximum atomic E-state index is 12.6. The zero-order valence-corrected chi connectivity index (χ0v) is 13.4. The highest BCUT2D eigenvalue weighted by atomic mass is 35.5. The third-order valence-corrected chi connectivity index (χ3v) is 3.46. The molecule has 3 aromatic rings. The molecule has 3 rings (SSSR count). The molecule has 8 heteroatoms. The van der Waals surface area contributed by atoms with Crippen molar-refractivity contribution in [1.82, 2.24) is 9.97 Å². The SMILES string of the molecule is FC(F)(F)c1ccc(Nc2ccnc(Nc3cccc(Cl)c3)n2)cc1. The summed E-state index contributed by atoms with van der Waals surface area (Å²) in [5, 5.41) is 6.51. The number of halogens is 4. The lowest BCUT2D eigenvalue weighted by Gasteiger charge is -2.10. The fourth-order valence-corrected chi connectivity index (χ4v) is 2.26. The van der Waals surface area contributed by atoms with Gasteiger partial charge in [0.15, 0.2) is 0 Å². The third kappa shape index (κ3) is 4.60. The molecule has 0 radical (unpaired) electrons. The molecular formula is C17H12ClF3N4. The highest BCUT2D eigenvalue weighted by Crippen LogP contribution is 2.30. The molecule has 0 unspecified atom stereocenters. The van der Waals surface area contributed by atoms with Gasteiger partial charge in [0.25, 0.3) is 0 Å². The summed E-state index contributed by atoms with van der Waals surface area (Å²) in [7, 11) is 0. The number of rotatable bonds is 4. The van der Waals surface area contributed by atoms with Gasteiger partial charge in [0.1, 0.15) is 5.82 Å². The van der Waals surface area contributed by atoms with E-state index in [1.165, 1.54) is 18.3 Å². The number of benzene rings is 2. The van der Waals surface area contributed by atoms with Crippen molar-refractivity contribution >= 4 is 34.7 Å². The number of nitrogens with one attached hydrogen (secondary N) is 2. The van der Waals surface area contributed by atoms with Crippen molar-refractivity contribution < 1.29 is 13.2 Å². The molecule has 0 aliphatic heterocycles. The van der Waals surface area contributed by atoms with Gasteiger partial charge in [-0.15, -0.1) is 0 Å². The van der Waals surface area contributed by atoms with Gasteiger partial charge in [0.05, 0.1) is 5.56 Å². The van der Waals surface area contributed by atoms with E-state index in [0.717, 1.165) is 17.8 Å². The van der Waals surface area contributed by atoms with Crippen LogP contribution in [0.5, 0.6) is 0 Å². The molecule has 0 aliphatic carbocycles. The topological polar surface area (TPSA) is 49.8 Å². The maximum Gasteiger partial charge on any atom is 0.416 e. The second-order valence-corrected chi connectivity index (χ2v) is 5.54. The highest BCUT2D eigenvalue weighted by molar-refractivity contribution is 6.30. The number of nitrogens with zero attached hydrogens (tertiary/aromatic N) is 2. The van der Waals surface area contributed by atoms with Gasteiger partial charge in [-0.2, -0.15) is 18.2 Å². The van der Waals surface area contributed by atoms with Gasteiger partial charge in [-0.05, 0) is 48.5 Å². The van der Waals surface area contributed by atoms with Crippen LogP contribution in [-0.4, -0.2) is 9.97 Å². The Kier molecular flexibility index (Phi) is 4.76. The largest absolute Gasteiger partial charge is 0.416 e. The molecule has 0 fully saturated rings. The van der Waals surface area contributed by atoms with Gasteiger partial charge < -0.3 is 10.6 Å². The number of aromatic nitrogens is 2. The van der Waals surface area contributed by atoms with Gasteiger partial charge in [-0.3, -0.25) is 0 Å². The molecule has 2 aromatic carbocycles. The van der Waals surface area contributed by atoms with Gasteiger partial charge in [-0.1, -0.05) is 17.7 Å². The smallest absolute Gasteiger partial charge is 0.340 e. The predicted octanol–water partition coefficient (Wildman–Crippen LogP) is 5.64. The van der Waals surface area contributed by atoms with Gasteiger partial charge in [0.2, 0.25) is 5.95 Å². The Morgan fingerprint density at radius 3 is 2.32 bits per heavy atom. The zero-order valence-electron chi connectivity index (χ0n) is 12.7. The van der Waals surface area contributed by atoms with Crippen molar-refractivity contribution in [3.63, 3.8) is 0 Å². The number of hydrogen-bond donors (Lipinski definition) is 2. The summed E-state index contributed by atoms with van der Waals surface area (Å²) in [4.78, 5) is 8.36. The lowest BCUT2D eigenvalue weighted by molar-refractivity contribution is -0.137. The van der Waals surface area contributed by atoms with E-state index in [2.05, 4.69) is 20.6 Å². The summed E-state index contributed by atoms with van der Waals surface area (Å²) in [6, 6.07) is 13.4. The Morgan fingerprint density at radius 1 is 0.880 bits per heavy atom. The van der Waals surface area contributed by atoms with Crippen molar-refractivity contribution in [2.45, 2.75) is 6.18 Å². The monoisotopic (exact) mass is 364 g/mol.